The van der Waals surface area contributed by atoms with Crippen LogP contribution in [0.15, 0.2) is 30.5 Å². The van der Waals surface area contributed by atoms with Crippen molar-refractivity contribution < 1.29 is 0 Å². The normalized spacial score (nSPS) is 11.2. The zero-order valence-corrected chi connectivity index (χ0v) is 12.5. The van der Waals surface area contributed by atoms with Gasteiger partial charge in [-0.2, -0.15) is 0 Å². The van der Waals surface area contributed by atoms with Crippen LogP contribution in [0, 0.1) is 27.7 Å². The lowest BCUT2D eigenvalue weighted by Gasteiger charge is -2.11. The van der Waals surface area contributed by atoms with Crippen molar-refractivity contribution in [1.82, 2.24) is 9.97 Å². The molecule has 0 unspecified atom stereocenters. The Balaban J connectivity index is 2.00. The van der Waals surface area contributed by atoms with Gasteiger partial charge in [0.25, 0.3) is 0 Å². The summed E-state index contributed by atoms with van der Waals surface area (Å²) < 4.78 is 0. The van der Waals surface area contributed by atoms with Gasteiger partial charge in [-0.05, 0) is 68.5 Å². The third-order valence-electron chi connectivity index (χ3n) is 3.88. The lowest BCUT2D eigenvalue weighted by molar-refractivity contribution is 1.10. The van der Waals surface area contributed by atoms with Crippen molar-refractivity contribution in [3.8, 4) is 0 Å². The predicted molar refractivity (Wildman–Crippen MR) is 84.3 cm³/mol. The maximum absolute atomic E-state index is 4.52. The van der Waals surface area contributed by atoms with Crippen LogP contribution < -0.4 is 0 Å². The first kappa shape index (κ1) is 12.9. The van der Waals surface area contributed by atoms with E-state index >= 15 is 0 Å². The minimum absolute atomic E-state index is 0.950. The second-order valence-corrected chi connectivity index (χ2v) is 5.79. The van der Waals surface area contributed by atoms with Gasteiger partial charge in [0.15, 0.2) is 0 Å². The van der Waals surface area contributed by atoms with Gasteiger partial charge in [-0.3, -0.25) is 0 Å². The molecule has 0 saturated heterocycles. The van der Waals surface area contributed by atoms with Crippen LogP contribution in [0.2, 0.25) is 0 Å². The highest BCUT2D eigenvalue weighted by molar-refractivity contribution is 5.77. The summed E-state index contributed by atoms with van der Waals surface area (Å²) in [6.07, 6.45) is 2.93. The third kappa shape index (κ3) is 2.34. The van der Waals surface area contributed by atoms with Gasteiger partial charge < -0.3 is 4.98 Å². The van der Waals surface area contributed by atoms with Crippen LogP contribution in [0.1, 0.15) is 33.5 Å². The minimum Gasteiger partial charge on any atom is -0.344 e. The fraction of sp³-hybridized carbons (Fsp3) is 0.278. The van der Waals surface area contributed by atoms with E-state index in [-0.39, 0.29) is 0 Å². The Morgan fingerprint density at radius 3 is 2.35 bits per heavy atom. The molecule has 1 aromatic carbocycles. The fourth-order valence-electron chi connectivity index (χ4n) is 2.99. The summed E-state index contributed by atoms with van der Waals surface area (Å²) in [5.74, 6) is 0. The van der Waals surface area contributed by atoms with Gasteiger partial charge in [-0.15, -0.1) is 0 Å². The van der Waals surface area contributed by atoms with Crippen LogP contribution in [0.25, 0.3) is 11.0 Å². The molecule has 0 amide bonds. The van der Waals surface area contributed by atoms with Gasteiger partial charge in [0.2, 0.25) is 0 Å². The van der Waals surface area contributed by atoms with E-state index in [2.05, 4.69) is 61.9 Å². The van der Waals surface area contributed by atoms with E-state index in [4.69, 9.17) is 0 Å². The molecular weight excluding hydrogens is 244 g/mol. The molecule has 2 heterocycles. The van der Waals surface area contributed by atoms with Crippen LogP contribution in [0.4, 0.5) is 0 Å². The molecule has 0 aliphatic rings. The van der Waals surface area contributed by atoms with E-state index in [1.807, 2.05) is 6.20 Å². The number of fused-ring (bicyclic) bond motifs is 1. The second kappa shape index (κ2) is 4.78. The van der Waals surface area contributed by atoms with Gasteiger partial charge in [-0.1, -0.05) is 17.7 Å². The molecule has 0 radical (unpaired) electrons. The molecule has 3 rings (SSSR count). The number of aromatic nitrogens is 2. The number of nitrogens with one attached hydrogen (secondary N) is 1. The lowest BCUT2D eigenvalue weighted by atomic mass is 9.95. The number of aromatic amines is 1. The van der Waals surface area contributed by atoms with Crippen molar-refractivity contribution in [1.29, 1.82) is 0 Å². The Hall–Kier alpha value is -2.09. The standard InChI is InChI=1S/C18H20N2/c1-11-5-12(2)17(13(3)6-11)9-15-8-16-7-14(4)20-18(16)19-10-15/h5-8,10H,9H2,1-4H3,(H,19,20). The Bertz CT molecular complexity index is 758. The maximum atomic E-state index is 4.52. The summed E-state index contributed by atoms with van der Waals surface area (Å²) >= 11 is 0. The summed E-state index contributed by atoms with van der Waals surface area (Å²) in [4.78, 5) is 7.79. The smallest absolute Gasteiger partial charge is 0.137 e. The highest BCUT2D eigenvalue weighted by Gasteiger charge is 2.07. The Morgan fingerprint density at radius 2 is 1.65 bits per heavy atom. The van der Waals surface area contributed by atoms with E-state index in [1.165, 1.54) is 33.2 Å². The molecule has 2 nitrogen and oxygen atoms in total. The van der Waals surface area contributed by atoms with Crippen LogP contribution in [-0.2, 0) is 6.42 Å². The van der Waals surface area contributed by atoms with Gasteiger partial charge in [-0.25, -0.2) is 4.98 Å². The first-order valence-electron chi connectivity index (χ1n) is 7.04. The lowest BCUT2D eigenvalue weighted by Crippen LogP contribution is -1.97. The SMILES string of the molecule is Cc1cc(C)c(Cc2cnc3[nH]c(C)cc3c2)c(C)c1. The van der Waals surface area contributed by atoms with Crippen molar-refractivity contribution >= 4 is 11.0 Å². The van der Waals surface area contributed by atoms with E-state index < -0.39 is 0 Å². The molecule has 0 saturated carbocycles. The molecule has 0 aliphatic heterocycles. The highest BCUT2D eigenvalue weighted by atomic mass is 14.8. The number of H-pyrrole nitrogens is 1. The maximum Gasteiger partial charge on any atom is 0.137 e. The molecule has 3 aromatic rings. The van der Waals surface area contributed by atoms with E-state index in [0.717, 1.165) is 17.8 Å². The summed E-state index contributed by atoms with van der Waals surface area (Å²) in [7, 11) is 0. The van der Waals surface area contributed by atoms with E-state index in [9.17, 15) is 0 Å². The first-order chi connectivity index (χ1) is 9.52. The highest BCUT2D eigenvalue weighted by Crippen LogP contribution is 2.22. The number of pyridine rings is 1. The third-order valence-corrected chi connectivity index (χ3v) is 3.88. The van der Waals surface area contributed by atoms with Gasteiger partial charge in [0.05, 0.1) is 0 Å². The Kier molecular flexibility index (Phi) is 3.09. The summed E-state index contributed by atoms with van der Waals surface area (Å²) in [6.45, 7) is 8.61. The number of aryl methyl sites for hydroxylation is 4. The van der Waals surface area contributed by atoms with Crippen LogP contribution in [0.5, 0.6) is 0 Å². The van der Waals surface area contributed by atoms with Crippen molar-refractivity contribution in [3.05, 3.63) is 64.0 Å². The Labute approximate surface area is 119 Å². The van der Waals surface area contributed by atoms with Gasteiger partial charge >= 0.3 is 0 Å². The predicted octanol–water partition coefficient (Wildman–Crippen LogP) is 4.39. The van der Waals surface area contributed by atoms with Crippen molar-refractivity contribution in [3.63, 3.8) is 0 Å². The number of benzene rings is 1. The molecule has 20 heavy (non-hydrogen) atoms. The van der Waals surface area contributed by atoms with Crippen LogP contribution >= 0.6 is 0 Å². The molecule has 102 valence electrons. The zero-order valence-electron chi connectivity index (χ0n) is 12.5. The fourth-order valence-corrected chi connectivity index (χ4v) is 2.99. The topological polar surface area (TPSA) is 28.7 Å². The number of hydrogen-bond acceptors (Lipinski definition) is 1. The second-order valence-electron chi connectivity index (χ2n) is 5.79. The minimum atomic E-state index is 0.950. The molecule has 0 aliphatic carbocycles. The average Bonchev–Trinajstić information content (AvgIpc) is 2.73. The van der Waals surface area contributed by atoms with E-state index in [1.54, 1.807) is 0 Å². The largest absolute Gasteiger partial charge is 0.344 e. The van der Waals surface area contributed by atoms with Crippen molar-refractivity contribution in [2.75, 3.05) is 0 Å². The van der Waals surface area contributed by atoms with Gasteiger partial charge in [0, 0.05) is 17.3 Å². The van der Waals surface area contributed by atoms with Crippen molar-refractivity contribution in [2.45, 2.75) is 34.1 Å². The summed E-state index contributed by atoms with van der Waals surface area (Å²) in [5, 5.41) is 1.20. The molecule has 1 N–H and O–H groups in total. The average molecular weight is 264 g/mol. The monoisotopic (exact) mass is 264 g/mol. The van der Waals surface area contributed by atoms with Crippen LogP contribution in [-0.4, -0.2) is 9.97 Å². The molecule has 2 aromatic heterocycles. The van der Waals surface area contributed by atoms with Gasteiger partial charge in [0.1, 0.15) is 5.65 Å². The molecule has 2 heteroatoms. The molecular formula is C18H20N2. The van der Waals surface area contributed by atoms with Crippen LogP contribution in [0.3, 0.4) is 0 Å². The summed E-state index contributed by atoms with van der Waals surface area (Å²) in [5.41, 5.74) is 8.89. The number of nitrogens with zero attached hydrogens (tertiary/aromatic N) is 1. The molecule has 0 spiro atoms. The quantitative estimate of drug-likeness (QED) is 0.730. The first-order valence-corrected chi connectivity index (χ1v) is 7.04. The molecule has 0 atom stereocenters. The number of hydrogen-bond donors (Lipinski definition) is 1. The van der Waals surface area contributed by atoms with E-state index in [0.29, 0.717) is 0 Å². The van der Waals surface area contributed by atoms with Crippen molar-refractivity contribution in [2.24, 2.45) is 0 Å². The summed E-state index contributed by atoms with van der Waals surface area (Å²) in [6, 6.07) is 8.91. The molecule has 0 bridgehead atoms. The molecule has 0 fully saturated rings. The Morgan fingerprint density at radius 1 is 0.950 bits per heavy atom. The zero-order chi connectivity index (χ0) is 14.3. The number of rotatable bonds is 2.